The van der Waals surface area contributed by atoms with Gasteiger partial charge in [0.05, 0.1) is 5.69 Å². The Labute approximate surface area is 99.5 Å². The third kappa shape index (κ3) is 2.55. The monoisotopic (exact) mass is 233 g/mol. The van der Waals surface area contributed by atoms with Crippen molar-refractivity contribution < 1.29 is 0 Å². The van der Waals surface area contributed by atoms with Crippen LogP contribution in [0.25, 0.3) is 11.3 Å². The molecule has 0 N–H and O–H groups in total. The molecule has 3 nitrogen and oxygen atoms in total. The molecule has 0 saturated heterocycles. The predicted octanol–water partition coefficient (Wildman–Crippen LogP) is 2.63. The Bertz CT molecular complexity index is 471. The van der Waals surface area contributed by atoms with Crippen LogP contribution < -0.4 is 0 Å². The largest absolute Gasteiger partial charge is 0.264 e. The van der Waals surface area contributed by atoms with Gasteiger partial charge in [0.1, 0.15) is 5.82 Å². The van der Waals surface area contributed by atoms with E-state index in [2.05, 4.69) is 15.0 Å². The summed E-state index contributed by atoms with van der Waals surface area (Å²) >= 11 is 5.69. The van der Waals surface area contributed by atoms with E-state index in [1.165, 1.54) is 0 Å². The zero-order valence-electron chi connectivity index (χ0n) is 9.02. The molecule has 2 heterocycles. The third-order valence-electron chi connectivity index (χ3n) is 2.18. The molecule has 0 radical (unpaired) electrons. The minimum atomic E-state index is 0.538. The molecule has 0 saturated carbocycles. The molecule has 4 heteroatoms. The number of aromatic nitrogens is 3. The van der Waals surface area contributed by atoms with Gasteiger partial charge in [-0.15, -0.1) is 11.6 Å². The average molecular weight is 234 g/mol. The van der Waals surface area contributed by atoms with Gasteiger partial charge < -0.3 is 0 Å². The number of aryl methyl sites for hydroxylation is 2. The summed E-state index contributed by atoms with van der Waals surface area (Å²) in [5.41, 5.74) is 2.86. The smallest absolute Gasteiger partial charge is 0.130 e. The highest BCUT2D eigenvalue weighted by Crippen LogP contribution is 2.16. The number of nitrogens with zero attached hydrogens (tertiary/aromatic N) is 3. The van der Waals surface area contributed by atoms with E-state index in [1.807, 2.05) is 25.1 Å². The summed E-state index contributed by atoms with van der Waals surface area (Å²) in [5.74, 6) is 1.32. The summed E-state index contributed by atoms with van der Waals surface area (Å²) in [6.07, 6.45) is 4.24. The minimum absolute atomic E-state index is 0.538. The molecule has 0 aliphatic heterocycles. The first-order chi connectivity index (χ1) is 7.79. The van der Waals surface area contributed by atoms with Crippen molar-refractivity contribution in [1.29, 1.82) is 0 Å². The van der Waals surface area contributed by atoms with Crippen molar-refractivity contribution in [3.05, 3.63) is 42.1 Å². The molecule has 2 rings (SSSR count). The Morgan fingerprint density at radius 1 is 1.31 bits per heavy atom. The van der Waals surface area contributed by atoms with Crippen molar-refractivity contribution in [2.75, 3.05) is 5.88 Å². The fourth-order valence-electron chi connectivity index (χ4n) is 1.49. The van der Waals surface area contributed by atoms with E-state index < -0.39 is 0 Å². The van der Waals surface area contributed by atoms with E-state index in [-0.39, 0.29) is 0 Å². The highest BCUT2D eigenvalue weighted by atomic mass is 35.5. The number of alkyl halides is 1. The average Bonchev–Trinajstić information content (AvgIpc) is 2.30. The molecule has 0 fully saturated rings. The van der Waals surface area contributed by atoms with E-state index in [0.717, 1.165) is 22.8 Å². The van der Waals surface area contributed by atoms with Crippen LogP contribution in [-0.2, 0) is 6.42 Å². The first-order valence-corrected chi connectivity index (χ1v) is 5.64. The van der Waals surface area contributed by atoms with Crippen LogP contribution in [0.5, 0.6) is 0 Å². The van der Waals surface area contributed by atoms with Crippen molar-refractivity contribution in [2.45, 2.75) is 13.3 Å². The van der Waals surface area contributed by atoms with Crippen LogP contribution in [0.2, 0.25) is 0 Å². The highest BCUT2D eigenvalue weighted by Gasteiger charge is 2.04. The molecule has 0 aliphatic carbocycles. The Balaban J connectivity index is 2.41. The molecule has 0 amide bonds. The van der Waals surface area contributed by atoms with Crippen LogP contribution in [0.15, 0.2) is 30.6 Å². The molecule has 2 aromatic rings. The fraction of sp³-hybridized carbons (Fsp3) is 0.250. The van der Waals surface area contributed by atoms with Crippen molar-refractivity contribution in [2.24, 2.45) is 0 Å². The lowest BCUT2D eigenvalue weighted by Crippen LogP contribution is -2.00. The van der Waals surface area contributed by atoms with Crippen LogP contribution >= 0.6 is 11.6 Å². The van der Waals surface area contributed by atoms with Crippen molar-refractivity contribution >= 4 is 11.6 Å². The second-order valence-corrected chi connectivity index (χ2v) is 3.87. The van der Waals surface area contributed by atoms with Crippen LogP contribution in [0, 0.1) is 6.92 Å². The summed E-state index contributed by atoms with van der Waals surface area (Å²) in [5, 5.41) is 0. The molecule has 2 aromatic heterocycles. The maximum Gasteiger partial charge on any atom is 0.130 e. The molecule has 0 unspecified atom stereocenters. The summed E-state index contributed by atoms with van der Waals surface area (Å²) in [4.78, 5) is 12.9. The first-order valence-electron chi connectivity index (χ1n) is 5.10. The number of halogens is 1. The Hall–Kier alpha value is -1.48. The number of rotatable bonds is 3. The standard InChI is InChI=1S/C12H12ClN3/c1-9-7-11(10-3-2-6-14-8-10)16-12(15-9)4-5-13/h2-3,6-8H,4-5H2,1H3. The normalized spacial score (nSPS) is 10.4. The van der Waals surface area contributed by atoms with Gasteiger partial charge in [-0.3, -0.25) is 4.98 Å². The number of hydrogen-bond acceptors (Lipinski definition) is 3. The van der Waals surface area contributed by atoms with Crippen LogP contribution in [0.1, 0.15) is 11.5 Å². The highest BCUT2D eigenvalue weighted by molar-refractivity contribution is 6.17. The van der Waals surface area contributed by atoms with E-state index >= 15 is 0 Å². The van der Waals surface area contributed by atoms with Crippen LogP contribution in [-0.4, -0.2) is 20.8 Å². The molecule has 0 aliphatic rings. The molecule has 0 bridgehead atoms. The van der Waals surface area contributed by atoms with Gasteiger partial charge in [0, 0.05) is 36.0 Å². The van der Waals surface area contributed by atoms with Gasteiger partial charge in [-0.25, -0.2) is 9.97 Å². The fourth-order valence-corrected chi connectivity index (χ4v) is 1.66. The summed E-state index contributed by atoms with van der Waals surface area (Å²) < 4.78 is 0. The number of hydrogen-bond donors (Lipinski definition) is 0. The number of pyridine rings is 1. The molecule has 0 atom stereocenters. The Morgan fingerprint density at radius 2 is 2.19 bits per heavy atom. The predicted molar refractivity (Wildman–Crippen MR) is 64.4 cm³/mol. The van der Waals surface area contributed by atoms with Gasteiger partial charge in [0.15, 0.2) is 0 Å². The van der Waals surface area contributed by atoms with Crippen LogP contribution in [0.4, 0.5) is 0 Å². The van der Waals surface area contributed by atoms with E-state index in [9.17, 15) is 0 Å². The van der Waals surface area contributed by atoms with E-state index in [1.54, 1.807) is 12.4 Å². The lowest BCUT2D eigenvalue weighted by Gasteiger charge is -2.04. The van der Waals surface area contributed by atoms with Crippen molar-refractivity contribution in [3.63, 3.8) is 0 Å². The first kappa shape index (κ1) is 11.0. The molecule has 82 valence electrons. The Kier molecular flexibility index (Phi) is 3.47. The Morgan fingerprint density at radius 3 is 2.88 bits per heavy atom. The van der Waals surface area contributed by atoms with Gasteiger partial charge in [-0.05, 0) is 25.1 Å². The van der Waals surface area contributed by atoms with Gasteiger partial charge in [0.2, 0.25) is 0 Å². The van der Waals surface area contributed by atoms with Crippen molar-refractivity contribution in [1.82, 2.24) is 15.0 Å². The molecule has 0 aromatic carbocycles. The van der Waals surface area contributed by atoms with Gasteiger partial charge in [-0.1, -0.05) is 0 Å². The summed E-state index contributed by atoms with van der Waals surface area (Å²) in [6, 6.07) is 5.84. The van der Waals surface area contributed by atoms with Gasteiger partial charge in [-0.2, -0.15) is 0 Å². The minimum Gasteiger partial charge on any atom is -0.264 e. The molecular weight excluding hydrogens is 222 g/mol. The topological polar surface area (TPSA) is 38.7 Å². The van der Waals surface area contributed by atoms with Crippen LogP contribution in [0.3, 0.4) is 0 Å². The third-order valence-corrected chi connectivity index (χ3v) is 2.36. The maximum atomic E-state index is 5.69. The summed E-state index contributed by atoms with van der Waals surface area (Å²) in [7, 11) is 0. The van der Waals surface area contributed by atoms with Gasteiger partial charge in [0.25, 0.3) is 0 Å². The molecule has 0 spiro atoms. The lowest BCUT2D eigenvalue weighted by atomic mass is 10.2. The van der Waals surface area contributed by atoms with E-state index in [0.29, 0.717) is 12.3 Å². The second-order valence-electron chi connectivity index (χ2n) is 3.49. The molecular formula is C12H12ClN3. The zero-order valence-corrected chi connectivity index (χ0v) is 9.78. The quantitative estimate of drug-likeness (QED) is 0.765. The second kappa shape index (κ2) is 5.03. The SMILES string of the molecule is Cc1cc(-c2cccnc2)nc(CCCl)n1. The summed E-state index contributed by atoms with van der Waals surface area (Å²) in [6.45, 7) is 1.96. The zero-order chi connectivity index (χ0) is 11.4. The maximum absolute atomic E-state index is 5.69. The van der Waals surface area contributed by atoms with E-state index in [4.69, 9.17) is 11.6 Å². The van der Waals surface area contributed by atoms with Crippen molar-refractivity contribution in [3.8, 4) is 11.3 Å². The lowest BCUT2D eigenvalue weighted by molar-refractivity contribution is 0.925. The molecule has 16 heavy (non-hydrogen) atoms. The van der Waals surface area contributed by atoms with Gasteiger partial charge >= 0.3 is 0 Å².